The van der Waals surface area contributed by atoms with Crippen LogP contribution >= 0.6 is 0 Å². The van der Waals surface area contributed by atoms with Gasteiger partial charge in [-0.15, -0.1) is 0 Å². The number of nitrogens with two attached hydrogens (primary N) is 1. The fourth-order valence-corrected chi connectivity index (χ4v) is 1.47. The standard InChI is InChI=1S/C10H12N2/c1-7-2-3-8-4-5-9(11)6-10(8)12-7/h4-6,12H,1-3,11H2. The van der Waals surface area contributed by atoms with Gasteiger partial charge in [0.05, 0.1) is 0 Å². The van der Waals surface area contributed by atoms with E-state index in [0.29, 0.717) is 0 Å². The van der Waals surface area contributed by atoms with E-state index in [9.17, 15) is 0 Å². The molecule has 0 aliphatic carbocycles. The van der Waals surface area contributed by atoms with Gasteiger partial charge in [0.25, 0.3) is 0 Å². The van der Waals surface area contributed by atoms with E-state index in [1.54, 1.807) is 0 Å². The van der Waals surface area contributed by atoms with Crippen LogP contribution in [0.15, 0.2) is 30.5 Å². The normalized spacial score (nSPS) is 15.2. The number of hydrogen-bond donors (Lipinski definition) is 2. The third kappa shape index (κ3) is 1.16. The molecule has 1 aromatic rings. The highest BCUT2D eigenvalue weighted by Gasteiger charge is 2.09. The molecule has 0 amide bonds. The molecule has 0 fully saturated rings. The summed E-state index contributed by atoms with van der Waals surface area (Å²) in [6.07, 6.45) is 2.10. The summed E-state index contributed by atoms with van der Waals surface area (Å²) < 4.78 is 0. The summed E-state index contributed by atoms with van der Waals surface area (Å²) in [6, 6.07) is 5.97. The molecule has 1 heterocycles. The lowest BCUT2D eigenvalue weighted by Gasteiger charge is -2.19. The number of hydrogen-bond acceptors (Lipinski definition) is 2. The predicted molar refractivity (Wildman–Crippen MR) is 51.9 cm³/mol. The van der Waals surface area contributed by atoms with Crippen molar-refractivity contribution in [2.75, 3.05) is 11.1 Å². The van der Waals surface area contributed by atoms with Crippen molar-refractivity contribution in [3.05, 3.63) is 36.0 Å². The van der Waals surface area contributed by atoms with Gasteiger partial charge in [-0.2, -0.15) is 0 Å². The summed E-state index contributed by atoms with van der Waals surface area (Å²) in [4.78, 5) is 0. The van der Waals surface area contributed by atoms with Crippen LogP contribution in [0.1, 0.15) is 12.0 Å². The van der Waals surface area contributed by atoms with Crippen molar-refractivity contribution in [3.63, 3.8) is 0 Å². The van der Waals surface area contributed by atoms with Crippen molar-refractivity contribution in [3.8, 4) is 0 Å². The molecule has 0 saturated heterocycles. The molecule has 12 heavy (non-hydrogen) atoms. The number of rotatable bonds is 0. The highest BCUT2D eigenvalue weighted by molar-refractivity contribution is 5.63. The maximum atomic E-state index is 5.66. The highest BCUT2D eigenvalue weighted by Crippen LogP contribution is 2.27. The summed E-state index contributed by atoms with van der Waals surface area (Å²) in [6.45, 7) is 3.89. The Morgan fingerprint density at radius 3 is 3.00 bits per heavy atom. The minimum atomic E-state index is 0.802. The predicted octanol–water partition coefficient (Wildman–Crippen LogP) is 2.14. The van der Waals surface area contributed by atoms with Crippen LogP contribution < -0.4 is 11.1 Å². The number of allylic oxidation sites excluding steroid dienone is 1. The lowest BCUT2D eigenvalue weighted by atomic mass is 10.0. The Bertz CT molecular complexity index is 329. The molecule has 2 nitrogen and oxygen atoms in total. The molecule has 1 aliphatic rings. The monoisotopic (exact) mass is 160 g/mol. The molecule has 0 radical (unpaired) electrons. The Balaban J connectivity index is 2.44. The first-order chi connectivity index (χ1) is 5.75. The number of anilines is 2. The van der Waals surface area contributed by atoms with Gasteiger partial charge in [-0.1, -0.05) is 12.6 Å². The molecule has 0 atom stereocenters. The maximum Gasteiger partial charge on any atom is 0.0434 e. The van der Waals surface area contributed by atoms with Gasteiger partial charge in [-0.25, -0.2) is 0 Å². The third-order valence-electron chi connectivity index (χ3n) is 2.14. The van der Waals surface area contributed by atoms with E-state index >= 15 is 0 Å². The van der Waals surface area contributed by atoms with Crippen LogP contribution in [0, 0.1) is 0 Å². The van der Waals surface area contributed by atoms with Crippen LogP contribution in [0.25, 0.3) is 0 Å². The van der Waals surface area contributed by atoms with Gasteiger partial charge >= 0.3 is 0 Å². The first-order valence-electron chi connectivity index (χ1n) is 4.09. The van der Waals surface area contributed by atoms with Crippen molar-refractivity contribution in [2.24, 2.45) is 0 Å². The lowest BCUT2D eigenvalue weighted by Crippen LogP contribution is -2.09. The van der Waals surface area contributed by atoms with Gasteiger partial charge in [-0.3, -0.25) is 0 Å². The molecule has 0 saturated carbocycles. The van der Waals surface area contributed by atoms with Crippen LogP contribution in [0.3, 0.4) is 0 Å². The minimum Gasteiger partial charge on any atom is -0.399 e. The van der Waals surface area contributed by atoms with Crippen molar-refractivity contribution >= 4 is 11.4 Å². The van der Waals surface area contributed by atoms with Gasteiger partial charge in [0.1, 0.15) is 0 Å². The molecule has 0 unspecified atom stereocenters. The number of benzene rings is 1. The molecule has 0 spiro atoms. The van der Waals surface area contributed by atoms with Crippen LogP contribution in [0.4, 0.5) is 11.4 Å². The molecule has 2 rings (SSSR count). The Morgan fingerprint density at radius 2 is 2.17 bits per heavy atom. The van der Waals surface area contributed by atoms with Crippen LogP contribution in [-0.4, -0.2) is 0 Å². The number of nitrogen functional groups attached to an aromatic ring is 1. The zero-order valence-electron chi connectivity index (χ0n) is 6.93. The first-order valence-corrected chi connectivity index (χ1v) is 4.09. The van der Waals surface area contributed by atoms with Gasteiger partial charge < -0.3 is 11.1 Å². The maximum absolute atomic E-state index is 5.66. The first kappa shape index (κ1) is 7.22. The SMILES string of the molecule is C=C1CCc2ccc(N)cc2N1. The Morgan fingerprint density at radius 1 is 1.33 bits per heavy atom. The van der Waals surface area contributed by atoms with Crippen molar-refractivity contribution in [1.82, 2.24) is 0 Å². The molecular weight excluding hydrogens is 148 g/mol. The van der Waals surface area contributed by atoms with Crippen molar-refractivity contribution in [2.45, 2.75) is 12.8 Å². The third-order valence-corrected chi connectivity index (χ3v) is 2.14. The molecular formula is C10H12N2. The van der Waals surface area contributed by atoms with Crippen molar-refractivity contribution in [1.29, 1.82) is 0 Å². The fraction of sp³-hybridized carbons (Fsp3) is 0.200. The van der Waals surface area contributed by atoms with Crippen LogP contribution in [0.5, 0.6) is 0 Å². The second kappa shape index (κ2) is 2.55. The molecule has 1 aromatic carbocycles. The number of nitrogens with one attached hydrogen (secondary N) is 1. The zero-order chi connectivity index (χ0) is 8.55. The molecule has 2 heteroatoms. The van der Waals surface area contributed by atoms with E-state index in [2.05, 4.69) is 18.0 Å². The zero-order valence-corrected chi connectivity index (χ0v) is 6.93. The quantitative estimate of drug-likeness (QED) is 0.570. The average molecular weight is 160 g/mol. The van der Waals surface area contributed by atoms with E-state index < -0.39 is 0 Å². The van der Waals surface area contributed by atoms with Crippen LogP contribution in [-0.2, 0) is 6.42 Å². The smallest absolute Gasteiger partial charge is 0.0434 e. The van der Waals surface area contributed by atoms with E-state index in [-0.39, 0.29) is 0 Å². The number of aryl methyl sites for hydroxylation is 1. The molecule has 0 bridgehead atoms. The molecule has 3 N–H and O–H groups in total. The summed E-state index contributed by atoms with van der Waals surface area (Å²) in [7, 11) is 0. The van der Waals surface area contributed by atoms with E-state index in [4.69, 9.17) is 5.73 Å². The van der Waals surface area contributed by atoms with E-state index in [0.717, 1.165) is 29.9 Å². The summed E-state index contributed by atoms with van der Waals surface area (Å²) >= 11 is 0. The van der Waals surface area contributed by atoms with Gasteiger partial charge in [0.2, 0.25) is 0 Å². The Labute approximate surface area is 72.1 Å². The van der Waals surface area contributed by atoms with Gasteiger partial charge in [0, 0.05) is 17.1 Å². The molecule has 62 valence electrons. The fourth-order valence-electron chi connectivity index (χ4n) is 1.47. The highest BCUT2D eigenvalue weighted by atomic mass is 14.9. The van der Waals surface area contributed by atoms with E-state index in [1.807, 2.05) is 12.1 Å². The van der Waals surface area contributed by atoms with Crippen LogP contribution in [0.2, 0.25) is 0 Å². The van der Waals surface area contributed by atoms with Crippen molar-refractivity contribution < 1.29 is 0 Å². The summed E-state index contributed by atoms with van der Waals surface area (Å²) in [5.74, 6) is 0. The lowest BCUT2D eigenvalue weighted by molar-refractivity contribution is 0.919. The number of fused-ring (bicyclic) bond motifs is 1. The Kier molecular flexibility index (Phi) is 1.54. The second-order valence-corrected chi connectivity index (χ2v) is 3.15. The summed E-state index contributed by atoms with van der Waals surface area (Å²) in [5.41, 5.74) is 9.98. The topological polar surface area (TPSA) is 38.0 Å². The Hall–Kier alpha value is -1.44. The van der Waals surface area contributed by atoms with Gasteiger partial charge in [0.15, 0.2) is 0 Å². The molecule has 1 aliphatic heterocycles. The average Bonchev–Trinajstić information content (AvgIpc) is 2.03. The minimum absolute atomic E-state index is 0.802. The largest absolute Gasteiger partial charge is 0.399 e. The second-order valence-electron chi connectivity index (χ2n) is 3.15. The molecule has 0 aromatic heterocycles. The van der Waals surface area contributed by atoms with Gasteiger partial charge in [-0.05, 0) is 30.5 Å². The van der Waals surface area contributed by atoms with E-state index in [1.165, 1.54) is 5.56 Å². The summed E-state index contributed by atoms with van der Waals surface area (Å²) in [5, 5.41) is 3.23.